The van der Waals surface area contributed by atoms with Crippen LogP contribution in [0.3, 0.4) is 0 Å². The summed E-state index contributed by atoms with van der Waals surface area (Å²) in [4.78, 5) is 27.2. The molecule has 1 N–H and O–H groups in total. The van der Waals surface area contributed by atoms with Gasteiger partial charge in [-0.2, -0.15) is 0 Å². The number of halogens is 2. The van der Waals surface area contributed by atoms with Gasteiger partial charge in [0.1, 0.15) is 11.5 Å². The first kappa shape index (κ1) is 19.3. The summed E-state index contributed by atoms with van der Waals surface area (Å²) in [5.74, 6) is -1.51. The third-order valence-corrected chi connectivity index (χ3v) is 4.95. The van der Waals surface area contributed by atoms with Crippen LogP contribution in [-0.2, 0) is 4.79 Å². The molecule has 3 rings (SSSR count). The van der Waals surface area contributed by atoms with Crippen LogP contribution in [0.1, 0.15) is 35.2 Å². The van der Waals surface area contributed by atoms with Crippen LogP contribution in [0.5, 0.6) is 0 Å². The number of benzene rings is 2. The largest absolute Gasteiger partial charge is 0.337 e. The first-order valence-corrected chi connectivity index (χ1v) is 9.66. The van der Waals surface area contributed by atoms with Crippen molar-refractivity contribution < 1.29 is 14.0 Å². The van der Waals surface area contributed by atoms with Crippen molar-refractivity contribution in [3.05, 3.63) is 75.6 Å². The molecule has 2 amide bonds. The number of likely N-dealkylation sites (tertiary alicyclic amines) is 1. The predicted molar refractivity (Wildman–Crippen MR) is 106 cm³/mol. The van der Waals surface area contributed by atoms with E-state index < -0.39 is 11.7 Å². The molecule has 0 saturated carbocycles. The number of nitrogens with one attached hydrogen (secondary N) is 1. The number of piperidine rings is 1. The second-order valence-corrected chi connectivity index (χ2v) is 7.31. The van der Waals surface area contributed by atoms with E-state index in [2.05, 4.69) is 21.2 Å². The first-order chi connectivity index (χ1) is 13.0. The molecule has 6 heteroatoms. The van der Waals surface area contributed by atoms with Crippen LogP contribution >= 0.6 is 15.9 Å². The van der Waals surface area contributed by atoms with Crippen molar-refractivity contribution in [2.45, 2.75) is 19.3 Å². The molecule has 1 aliphatic heterocycles. The molecule has 27 heavy (non-hydrogen) atoms. The smallest absolute Gasteiger partial charge is 0.270 e. The fourth-order valence-corrected chi connectivity index (χ4v) is 3.24. The normalized spacial score (nSPS) is 14.7. The molecule has 4 nitrogen and oxygen atoms in total. The first-order valence-electron chi connectivity index (χ1n) is 8.87. The topological polar surface area (TPSA) is 49.4 Å². The molecular formula is C21H20BrFN2O2. The summed E-state index contributed by atoms with van der Waals surface area (Å²) >= 11 is 3.37. The van der Waals surface area contributed by atoms with Gasteiger partial charge in [-0.15, -0.1) is 0 Å². The molecule has 1 fully saturated rings. The zero-order valence-corrected chi connectivity index (χ0v) is 16.3. The number of amides is 2. The quantitative estimate of drug-likeness (QED) is 0.731. The van der Waals surface area contributed by atoms with Gasteiger partial charge in [0.25, 0.3) is 11.8 Å². The molecule has 2 aromatic rings. The number of hydrogen-bond acceptors (Lipinski definition) is 2. The van der Waals surface area contributed by atoms with Gasteiger partial charge in [-0.05, 0) is 55.2 Å². The van der Waals surface area contributed by atoms with E-state index in [1.54, 1.807) is 17.0 Å². The summed E-state index contributed by atoms with van der Waals surface area (Å²) in [5.41, 5.74) is 0.825. The second kappa shape index (κ2) is 8.95. The van der Waals surface area contributed by atoms with Gasteiger partial charge in [0.2, 0.25) is 0 Å². The number of rotatable bonds is 4. The van der Waals surface area contributed by atoms with Crippen molar-refractivity contribution in [1.29, 1.82) is 0 Å². The molecule has 0 aromatic heterocycles. The average molecular weight is 431 g/mol. The van der Waals surface area contributed by atoms with Gasteiger partial charge in [0, 0.05) is 17.6 Å². The minimum atomic E-state index is -0.637. The minimum Gasteiger partial charge on any atom is -0.337 e. The Morgan fingerprint density at radius 1 is 1.00 bits per heavy atom. The van der Waals surface area contributed by atoms with E-state index in [0.29, 0.717) is 13.1 Å². The lowest BCUT2D eigenvalue weighted by atomic mass is 10.1. The Morgan fingerprint density at radius 2 is 1.67 bits per heavy atom. The molecule has 0 radical (unpaired) electrons. The fourth-order valence-electron chi connectivity index (χ4n) is 2.98. The van der Waals surface area contributed by atoms with Crippen molar-refractivity contribution in [3.8, 4) is 0 Å². The Bertz CT molecular complexity index is 859. The van der Waals surface area contributed by atoms with Gasteiger partial charge >= 0.3 is 0 Å². The Kier molecular flexibility index (Phi) is 6.40. The number of nitrogens with zero attached hydrogens (tertiary/aromatic N) is 1. The van der Waals surface area contributed by atoms with Gasteiger partial charge in [-0.25, -0.2) is 4.39 Å². The molecule has 1 saturated heterocycles. The highest BCUT2D eigenvalue weighted by Crippen LogP contribution is 2.17. The standard InChI is InChI=1S/C21H20BrFN2O2/c22-16-10-8-15(9-11-16)14-19(21(27)25-12-4-1-5-13-25)24-20(26)17-6-2-3-7-18(17)23/h2-3,6-11,14H,1,4-5,12-13H2,(H,24,26). The lowest BCUT2D eigenvalue weighted by Crippen LogP contribution is -2.41. The van der Waals surface area contributed by atoms with Crippen LogP contribution in [0.25, 0.3) is 6.08 Å². The van der Waals surface area contributed by atoms with Crippen LogP contribution in [0.4, 0.5) is 4.39 Å². The van der Waals surface area contributed by atoms with Gasteiger partial charge in [0.05, 0.1) is 5.56 Å². The van der Waals surface area contributed by atoms with Crippen molar-refractivity contribution in [1.82, 2.24) is 10.2 Å². The van der Waals surface area contributed by atoms with E-state index in [-0.39, 0.29) is 17.2 Å². The number of carbonyl (C=O) groups is 2. The molecular weight excluding hydrogens is 411 g/mol. The van der Waals surface area contributed by atoms with E-state index in [1.165, 1.54) is 18.2 Å². The summed E-state index contributed by atoms with van der Waals surface area (Å²) in [6.07, 6.45) is 4.61. The van der Waals surface area contributed by atoms with Crippen molar-refractivity contribution in [2.75, 3.05) is 13.1 Å². The molecule has 1 aliphatic rings. The molecule has 0 unspecified atom stereocenters. The van der Waals surface area contributed by atoms with Crippen LogP contribution in [0, 0.1) is 5.82 Å². The van der Waals surface area contributed by atoms with Crippen molar-refractivity contribution in [2.24, 2.45) is 0 Å². The van der Waals surface area contributed by atoms with E-state index in [9.17, 15) is 14.0 Å². The lowest BCUT2D eigenvalue weighted by molar-refractivity contribution is -0.128. The molecule has 0 bridgehead atoms. The molecule has 0 aliphatic carbocycles. The Labute approximate surface area is 166 Å². The van der Waals surface area contributed by atoms with Crippen LogP contribution in [0.2, 0.25) is 0 Å². The number of carbonyl (C=O) groups excluding carboxylic acids is 2. The SMILES string of the molecule is O=C(NC(=Cc1ccc(Br)cc1)C(=O)N1CCCCC1)c1ccccc1F. The lowest BCUT2D eigenvalue weighted by Gasteiger charge is -2.27. The Balaban J connectivity index is 1.89. The molecule has 140 valence electrons. The Morgan fingerprint density at radius 3 is 2.33 bits per heavy atom. The zero-order valence-electron chi connectivity index (χ0n) is 14.8. The third kappa shape index (κ3) is 5.04. The van der Waals surface area contributed by atoms with Crippen molar-refractivity contribution >= 4 is 33.8 Å². The van der Waals surface area contributed by atoms with E-state index >= 15 is 0 Å². The van der Waals surface area contributed by atoms with E-state index in [4.69, 9.17) is 0 Å². The summed E-state index contributed by atoms with van der Waals surface area (Å²) in [6.45, 7) is 1.32. The minimum absolute atomic E-state index is 0.0920. The molecule has 2 aromatic carbocycles. The highest BCUT2D eigenvalue weighted by Gasteiger charge is 2.23. The van der Waals surface area contributed by atoms with Crippen molar-refractivity contribution in [3.63, 3.8) is 0 Å². The van der Waals surface area contributed by atoms with Gasteiger partial charge in [-0.1, -0.05) is 40.2 Å². The summed E-state index contributed by atoms with van der Waals surface area (Å²) < 4.78 is 14.9. The monoisotopic (exact) mass is 430 g/mol. The molecule has 0 spiro atoms. The maximum Gasteiger partial charge on any atom is 0.270 e. The zero-order chi connectivity index (χ0) is 19.2. The summed E-state index contributed by atoms with van der Waals surface area (Å²) in [7, 11) is 0. The summed E-state index contributed by atoms with van der Waals surface area (Å²) in [5, 5.41) is 2.61. The van der Waals surface area contributed by atoms with Crippen LogP contribution < -0.4 is 5.32 Å². The highest BCUT2D eigenvalue weighted by atomic mass is 79.9. The predicted octanol–water partition coefficient (Wildman–Crippen LogP) is 4.37. The molecule has 1 heterocycles. The summed E-state index contributed by atoms with van der Waals surface area (Å²) in [6, 6.07) is 13.1. The average Bonchev–Trinajstić information content (AvgIpc) is 2.69. The third-order valence-electron chi connectivity index (χ3n) is 4.42. The van der Waals surface area contributed by atoms with Gasteiger partial charge in [-0.3, -0.25) is 9.59 Å². The van der Waals surface area contributed by atoms with Crippen LogP contribution in [0.15, 0.2) is 58.7 Å². The van der Waals surface area contributed by atoms with E-state index in [1.807, 2.05) is 24.3 Å². The van der Waals surface area contributed by atoms with E-state index in [0.717, 1.165) is 29.3 Å². The highest BCUT2D eigenvalue weighted by molar-refractivity contribution is 9.10. The number of hydrogen-bond donors (Lipinski definition) is 1. The fraction of sp³-hybridized carbons (Fsp3) is 0.238. The van der Waals surface area contributed by atoms with Gasteiger partial charge in [0.15, 0.2) is 0 Å². The molecule has 0 atom stereocenters. The second-order valence-electron chi connectivity index (χ2n) is 6.40. The Hall–Kier alpha value is -2.47. The van der Waals surface area contributed by atoms with Crippen LogP contribution in [-0.4, -0.2) is 29.8 Å². The maximum absolute atomic E-state index is 13.9. The van der Waals surface area contributed by atoms with Gasteiger partial charge < -0.3 is 10.2 Å². The maximum atomic E-state index is 13.9.